The molecule has 1 atom stereocenters. The molecular formula is C25H32ClN3O2. The number of halogens is 1. The standard InChI is InChI=1S/C25H32ClN3O2/c1-18(20-7-9-23(26)10-8-20)25(31)27-13-4-14-29-15-11-21(12-16-29)22-5-3-6-24(17-22)28-19(2)30/h3,5-10,17-18,21H,4,11-16H2,1-2H3,(H,27,31)(H,28,30). The van der Waals surface area contributed by atoms with Crippen LogP contribution < -0.4 is 10.6 Å². The van der Waals surface area contributed by atoms with Crippen LogP contribution in [-0.4, -0.2) is 42.9 Å². The second-order valence-corrected chi connectivity index (χ2v) is 8.78. The summed E-state index contributed by atoms with van der Waals surface area (Å²) >= 11 is 5.92. The molecule has 0 radical (unpaired) electrons. The highest BCUT2D eigenvalue weighted by molar-refractivity contribution is 6.30. The molecule has 1 heterocycles. The van der Waals surface area contributed by atoms with Crippen molar-refractivity contribution in [2.24, 2.45) is 0 Å². The first-order valence-corrected chi connectivity index (χ1v) is 11.4. The van der Waals surface area contributed by atoms with Crippen LogP contribution >= 0.6 is 11.6 Å². The average molecular weight is 442 g/mol. The van der Waals surface area contributed by atoms with Crippen LogP contribution in [0, 0.1) is 0 Å². The Balaban J connectivity index is 1.36. The van der Waals surface area contributed by atoms with Gasteiger partial charge in [-0.3, -0.25) is 9.59 Å². The smallest absolute Gasteiger partial charge is 0.227 e. The molecule has 2 N–H and O–H groups in total. The SMILES string of the molecule is CC(=O)Nc1cccc(C2CCN(CCCNC(=O)C(C)c3ccc(Cl)cc3)CC2)c1. The number of benzene rings is 2. The van der Waals surface area contributed by atoms with E-state index in [1.165, 1.54) is 12.5 Å². The summed E-state index contributed by atoms with van der Waals surface area (Å²) in [6.07, 6.45) is 3.18. The molecule has 31 heavy (non-hydrogen) atoms. The molecular weight excluding hydrogens is 410 g/mol. The third kappa shape index (κ3) is 7.08. The molecule has 2 amide bonds. The van der Waals surface area contributed by atoms with Gasteiger partial charge in [0.1, 0.15) is 0 Å². The van der Waals surface area contributed by atoms with Crippen molar-refractivity contribution in [3.63, 3.8) is 0 Å². The van der Waals surface area contributed by atoms with E-state index in [1.807, 2.05) is 43.3 Å². The fraction of sp³-hybridized carbons (Fsp3) is 0.440. The van der Waals surface area contributed by atoms with E-state index in [0.29, 0.717) is 17.5 Å². The maximum atomic E-state index is 12.4. The zero-order chi connectivity index (χ0) is 22.2. The van der Waals surface area contributed by atoms with E-state index in [4.69, 9.17) is 11.6 Å². The highest BCUT2D eigenvalue weighted by Crippen LogP contribution is 2.29. The van der Waals surface area contributed by atoms with Gasteiger partial charge in [-0.15, -0.1) is 0 Å². The number of nitrogens with one attached hydrogen (secondary N) is 2. The predicted octanol–water partition coefficient (Wildman–Crippen LogP) is 4.79. The Morgan fingerprint density at radius 3 is 2.52 bits per heavy atom. The number of carbonyl (C=O) groups excluding carboxylic acids is 2. The van der Waals surface area contributed by atoms with Crippen molar-refractivity contribution in [2.45, 2.75) is 44.9 Å². The molecule has 0 saturated carbocycles. The molecule has 6 heteroatoms. The lowest BCUT2D eigenvalue weighted by atomic mass is 9.89. The van der Waals surface area contributed by atoms with Crippen LogP contribution in [-0.2, 0) is 9.59 Å². The highest BCUT2D eigenvalue weighted by atomic mass is 35.5. The van der Waals surface area contributed by atoms with Crippen molar-refractivity contribution in [3.05, 3.63) is 64.7 Å². The van der Waals surface area contributed by atoms with Gasteiger partial charge in [0.25, 0.3) is 0 Å². The van der Waals surface area contributed by atoms with E-state index in [1.54, 1.807) is 0 Å². The predicted molar refractivity (Wildman–Crippen MR) is 127 cm³/mol. The van der Waals surface area contributed by atoms with E-state index in [-0.39, 0.29) is 17.7 Å². The molecule has 1 unspecified atom stereocenters. The molecule has 2 aromatic carbocycles. The molecule has 166 valence electrons. The van der Waals surface area contributed by atoms with Gasteiger partial charge in [0, 0.05) is 24.2 Å². The number of piperidine rings is 1. The van der Waals surface area contributed by atoms with E-state index in [9.17, 15) is 9.59 Å². The fourth-order valence-electron chi connectivity index (χ4n) is 4.13. The van der Waals surface area contributed by atoms with Gasteiger partial charge in [0.05, 0.1) is 5.92 Å². The molecule has 1 aliphatic heterocycles. The minimum Gasteiger partial charge on any atom is -0.356 e. The largest absolute Gasteiger partial charge is 0.356 e. The Hall–Kier alpha value is -2.37. The number of rotatable bonds is 8. The molecule has 1 saturated heterocycles. The van der Waals surface area contributed by atoms with Crippen molar-refractivity contribution in [1.29, 1.82) is 0 Å². The van der Waals surface area contributed by atoms with E-state index in [2.05, 4.69) is 27.7 Å². The first kappa shape index (κ1) is 23.3. The van der Waals surface area contributed by atoms with Crippen LogP contribution in [0.3, 0.4) is 0 Å². The Morgan fingerprint density at radius 2 is 1.84 bits per heavy atom. The van der Waals surface area contributed by atoms with Gasteiger partial charge >= 0.3 is 0 Å². The summed E-state index contributed by atoms with van der Waals surface area (Å²) in [6, 6.07) is 15.6. The zero-order valence-corrected chi connectivity index (χ0v) is 19.1. The molecule has 0 spiro atoms. The van der Waals surface area contributed by atoms with Crippen LogP contribution in [0.5, 0.6) is 0 Å². The number of hydrogen-bond donors (Lipinski definition) is 2. The van der Waals surface area contributed by atoms with Crippen molar-refractivity contribution >= 4 is 29.1 Å². The summed E-state index contributed by atoms with van der Waals surface area (Å²) in [6.45, 7) is 7.26. The molecule has 1 fully saturated rings. The van der Waals surface area contributed by atoms with Crippen LogP contribution in [0.2, 0.25) is 5.02 Å². The fourth-order valence-corrected chi connectivity index (χ4v) is 4.26. The Labute approximate surface area is 190 Å². The Kier molecular flexibility index (Phi) is 8.50. The van der Waals surface area contributed by atoms with Crippen molar-refractivity contribution in [2.75, 3.05) is 31.5 Å². The Morgan fingerprint density at radius 1 is 1.13 bits per heavy atom. The number of amides is 2. The minimum absolute atomic E-state index is 0.0402. The first-order chi connectivity index (χ1) is 14.9. The van der Waals surface area contributed by atoms with E-state index >= 15 is 0 Å². The quantitative estimate of drug-likeness (QED) is 0.579. The molecule has 0 aliphatic carbocycles. The van der Waals surface area contributed by atoms with Gasteiger partial charge in [0.15, 0.2) is 0 Å². The topological polar surface area (TPSA) is 61.4 Å². The molecule has 0 bridgehead atoms. The summed E-state index contributed by atoms with van der Waals surface area (Å²) in [5.74, 6) is 0.368. The molecule has 2 aromatic rings. The van der Waals surface area contributed by atoms with Crippen LogP contribution in [0.25, 0.3) is 0 Å². The van der Waals surface area contributed by atoms with Gasteiger partial charge in [-0.25, -0.2) is 0 Å². The highest BCUT2D eigenvalue weighted by Gasteiger charge is 2.21. The lowest BCUT2D eigenvalue weighted by molar-refractivity contribution is -0.122. The van der Waals surface area contributed by atoms with Gasteiger partial charge in [0.2, 0.25) is 11.8 Å². The summed E-state index contributed by atoms with van der Waals surface area (Å²) < 4.78 is 0. The van der Waals surface area contributed by atoms with Gasteiger partial charge < -0.3 is 15.5 Å². The molecule has 0 aromatic heterocycles. The van der Waals surface area contributed by atoms with Crippen LogP contribution in [0.15, 0.2) is 48.5 Å². The minimum atomic E-state index is -0.179. The monoisotopic (exact) mass is 441 g/mol. The van der Waals surface area contributed by atoms with Crippen molar-refractivity contribution < 1.29 is 9.59 Å². The van der Waals surface area contributed by atoms with Gasteiger partial charge in [-0.05, 0) is 87.1 Å². The Bertz CT molecular complexity index is 877. The summed E-state index contributed by atoms with van der Waals surface area (Å²) in [5, 5.41) is 6.61. The average Bonchev–Trinajstić information content (AvgIpc) is 2.77. The number of hydrogen-bond acceptors (Lipinski definition) is 3. The first-order valence-electron chi connectivity index (χ1n) is 11.1. The van der Waals surface area contributed by atoms with E-state index in [0.717, 1.165) is 50.1 Å². The van der Waals surface area contributed by atoms with E-state index < -0.39 is 0 Å². The number of likely N-dealkylation sites (tertiary alicyclic amines) is 1. The lowest BCUT2D eigenvalue weighted by Gasteiger charge is -2.32. The third-order valence-electron chi connectivity index (χ3n) is 5.98. The van der Waals surface area contributed by atoms with Gasteiger partial charge in [-0.1, -0.05) is 35.9 Å². The summed E-state index contributed by atoms with van der Waals surface area (Å²) in [4.78, 5) is 26.1. The summed E-state index contributed by atoms with van der Waals surface area (Å²) in [5.41, 5.74) is 3.15. The van der Waals surface area contributed by atoms with Gasteiger partial charge in [-0.2, -0.15) is 0 Å². The van der Waals surface area contributed by atoms with Crippen LogP contribution in [0.4, 0.5) is 5.69 Å². The second-order valence-electron chi connectivity index (χ2n) is 8.34. The lowest BCUT2D eigenvalue weighted by Crippen LogP contribution is -2.36. The normalized spacial score (nSPS) is 16.0. The number of carbonyl (C=O) groups is 2. The van der Waals surface area contributed by atoms with Crippen molar-refractivity contribution in [3.8, 4) is 0 Å². The molecule has 5 nitrogen and oxygen atoms in total. The molecule has 1 aliphatic rings. The number of nitrogens with zero attached hydrogens (tertiary/aromatic N) is 1. The van der Waals surface area contributed by atoms with Crippen LogP contribution in [0.1, 0.15) is 56.1 Å². The second kappa shape index (κ2) is 11.3. The number of anilines is 1. The molecule has 3 rings (SSSR count). The zero-order valence-electron chi connectivity index (χ0n) is 18.4. The maximum Gasteiger partial charge on any atom is 0.227 e. The summed E-state index contributed by atoms with van der Waals surface area (Å²) in [7, 11) is 0. The maximum absolute atomic E-state index is 12.4. The van der Waals surface area contributed by atoms with Crippen molar-refractivity contribution in [1.82, 2.24) is 10.2 Å². The third-order valence-corrected chi connectivity index (χ3v) is 6.23.